The van der Waals surface area contributed by atoms with E-state index in [4.69, 9.17) is 18.4 Å². The van der Waals surface area contributed by atoms with Gasteiger partial charge >= 0.3 is 0 Å². The molecule has 0 amide bonds. The minimum Gasteiger partial charge on any atom is -0.398 e. The summed E-state index contributed by atoms with van der Waals surface area (Å²) in [6, 6.07) is 25.1. The molecule has 0 fully saturated rings. The summed E-state index contributed by atoms with van der Waals surface area (Å²) in [6.45, 7) is 0. The average molecular weight is 393 g/mol. The first-order valence-corrected chi connectivity index (χ1v) is 10.0. The van der Waals surface area contributed by atoms with Gasteiger partial charge in [0.05, 0.1) is 0 Å². The van der Waals surface area contributed by atoms with Gasteiger partial charge < -0.3 is 11.1 Å². The Balaban J connectivity index is 1.69. The van der Waals surface area contributed by atoms with Crippen molar-refractivity contribution < 1.29 is 0 Å². The van der Waals surface area contributed by atoms with Gasteiger partial charge in [-0.1, -0.05) is 78.9 Å². The quantitative estimate of drug-likeness (QED) is 0.254. The molecule has 3 heteroatoms. The van der Waals surface area contributed by atoms with E-state index in [1.807, 2.05) is 30.5 Å². The number of fused-ring (bicyclic) bond motifs is 3. The molecule has 1 heterocycles. The molecule has 5 rings (SSSR count). The summed E-state index contributed by atoms with van der Waals surface area (Å²) in [5, 5.41) is 5.59. The molecule has 0 spiro atoms. The normalized spacial score (nSPS) is 13.6. The maximum Gasteiger partial charge on any atom is 0.0473 e. The topological polar surface area (TPSA) is 38.0 Å². The number of anilines is 2. The van der Waals surface area contributed by atoms with Crippen LogP contribution in [0.1, 0.15) is 5.56 Å². The predicted octanol–water partition coefficient (Wildman–Crippen LogP) is 7.00. The van der Waals surface area contributed by atoms with Crippen LogP contribution in [0.15, 0.2) is 96.0 Å². The molecule has 4 aromatic carbocycles. The lowest BCUT2D eigenvalue weighted by atomic mass is 9.94. The van der Waals surface area contributed by atoms with Crippen molar-refractivity contribution in [2.75, 3.05) is 11.1 Å². The van der Waals surface area contributed by atoms with Crippen LogP contribution in [0.5, 0.6) is 0 Å². The largest absolute Gasteiger partial charge is 0.398 e. The van der Waals surface area contributed by atoms with E-state index in [0.717, 1.165) is 54.9 Å². The van der Waals surface area contributed by atoms with Gasteiger partial charge in [0.2, 0.25) is 0 Å². The van der Waals surface area contributed by atoms with Crippen molar-refractivity contribution in [3.63, 3.8) is 0 Å². The van der Waals surface area contributed by atoms with Crippen LogP contribution in [0.3, 0.4) is 0 Å². The standard InChI is InChI=1S/C26H20N2S/c27-25-19-8-2-1-7-18(19)12-14-21(25)23-10-5-9-22(26(23)29)20-13-11-17-6-3-4-15-28-24(20)16-17/h1-16,28-29H,27H2/b6-3?,15-4-. The summed E-state index contributed by atoms with van der Waals surface area (Å²) in [6.07, 6.45) is 8.07. The Morgan fingerprint density at radius 3 is 2.41 bits per heavy atom. The van der Waals surface area contributed by atoms with Gasteiger partial charge in [-0.25, -0.2) is 0 Å². The third-order valence-corrected chi connectivity index (χ3v) is 5.85. The lowest BCUT2D eigenvalue weighted by Crippen LogP contribution is -1.96. The van der Waals surface area contributed by atoms with Crippen molar-refractivity contribution in [3.8, 4) is 22.3 Å². The first kappa shape index (κ1) is 17.7. The van der Waals surface area contributed by atoms with Crippen molar-refractivity contribution in [3.05, 3.63) is 96.7 Å². The number of hydrogen-bond donors (Lipinski definition) is 3. The van der Waals surface area contributed by atoms with Gasteiger partial charge in [0, 0.05) is 39.0 Å². The zero-order chi connectivity index (χ0) is 19.8. The van der Waals surface area contributed by atoms with Gasteiger partial charge in [-0.3, -0.25) is 0 Å². The van der Waals surface area contributed by atoms with Crippen molar-refractivity contribution in [1.82, 2.24) is 0 Å². The Morgan fingerprint density at radius 2 is 1.52 bits per heavy atom. The molecule has 0 aromatic heterocycles. The van der Waals surface area contributed by atoms with Crippen LogP contribution in [0.25, 0.3) is 39.1 Å². The van der Waals surface area contributed by atoms with E-state index in [2.05, 4.69) is 72.1 Å². The molecule has 0 unspecified atom stereocenters. The maximum absolute atomic E-state index is 6.57. The van der Waals surface area contributed by atoms with Crippen LogP contribution >= 0.6 is 12.6 Å². The summed E-state index contributed by atoms with van der Waals surface area (Å²) in [7, 11) is 0. The van der Waals surface area contributed by atoms with E-state index in [1.165, 1.54) is 0 Å². The molecule has 29 heavy (non-hydrogen) atoms. The second-order valence-electron chi connectivity index (χ2n) is 7.12. The Morgan fingerprint density at radius 1 is 0.724 bits per heavy atom. The smallest absolute Gasteiger partial charge is 0.0473 e. The highest BCUT2D eigenvalue weighted by molar-refractivity contribution is 7.80. The van der Waals surface area contributed by atoms with Crippen molar-refractivity contribution in [2.45, 2.75) is 4.90 Å². The summed E-state index contributed by atoms with van der Waals surface area (Å²) in [5.74, 6) is 0. The van der Waals surface area contributed by atoms with Gasteiger partial charge in [-0.05, 0) is 34.2 Å². The Labute approximate surface area is 175 Å². The van der Waals surface area contributed by atoms with Crippen LogP contribution in [0, 0.1) is 0 Å². The molecule has 4 aromatic rings. The summed E-state index contributed by atoms with van der Waals surface area (Å²) >= 11 is 4.94. The van der Waals surface area contributed by atoms with Gasteiger partial charge in [0.1, 0.15) is 0 Å². The highest BCUT2D eigenvalue weighted by atomic mass is 32.1. The molecule has 3 N–H and O–H groups in total. The Hall–Kier alpha value is -3.43. The second-order valence-corrected chi connectivity index (χ2v) is 7.56. The lowest BCUT2D eigenvalue weighted by Gasteiger charge is -2.17. The van der Waals surface area contributed by atoms with Gasteiger partial charge in [0.15, 0.2) is 0 Å². The number of allylic oxidation sites excluding steroid dienone is 2. The molecule has 0 atom stereocenters. The van der Waals surface area contributed by atoms with E-state index < -0.39 is 0 Å². The summed E-state index contributed by atoms with van der Waals surface area (Å²) < 4.78 is 0. The molecular weight excluding hydrogens is 372 g/mol. The van der Waals surface area contributed by atoms with Crippen LogP contribution in [0.2, 0.25) is 0 Å². The van der Waals surface area contributed by atoms with Crippen molar-refractivity contribution in [1.29, 1.82) is 0 Å². The fourth-order valence-corrected chi connectivity index (χ4v) is 4.28. The number of benzene rings is 4. The highest BCUT2D eigenvalue weighted by Gasteiger charge is 2.15. The SMILES string of the molecule is Nc1c(-c2cccc(-c3ccc4cc3N/C=C\C=C4)c2S)ccc2ccccc12. The van der Waals surface area contributed by atoms with E-state index in [-0.39, 0.29) is 0 Å². The number of thiol groups is 1. The maximum atomic E-state index is 6.57. The predicted molar refractivity (Wildman–Crippen MR) is 128 cm³/mol. The zero-order valence-electron chi connectivity index (χ0n) is 15.8. The molecule has 2 nitrogen and oxygen atoms in total. The van der Waals surface area contributed by atoms with Crippen LogP contribution in [-0.2, 0) is 0 Å². The van der Waals surface area contributed by atoms with Gasteiger partial charge in [-0.15, -0.1) is 12.6 Å². The van der Waals surface area contributed by atoms with E-state index in [0.29, 0.717) is 0 Å². The van der Waals surface area contributed by atoms with E-state index in [9.17, 15) is 0 Å². The minimum atomic E-state index is 0.784. The van der Waals surface area contributed by atoms with Crippen molar-refractivity contribution in [2.24, 2.45) is 0 Å². The highest BCUT2D eigenvalue weighted by Crippen LogP contribution is 2.41. The van der Waals surface area contributed by atoms with Crippen LogP contribution < -0.4 is 11.1 Å². The summed E-state index contributed by atoms with van der Waals surface area (Å²) in [4.78, 5) is 0.918. The third-order valence-electron chi connectivity index (χ3n) is 5.37. The molecule has 0 saturated heterocycles. The Bertz CT molecular complexity index is 1300. The average Bonchev–Trinajstić information content (AvgIpc) is 2.73. The number of nitrogens with one attached hydrogen (secondary N) is 1. The molecule has 1 aliphatic heterocycles. The molecule has 140 valence electrons. The van der Waals surface area contributed by atoms with Gasteiger partial charge in [-0.2, -0.15) is 0 Å². The Kier molecular flexibility index (Phi) is 4.38. The second kappa shape index (κ2) is 7.19. The van der Waals surface area contributed by atoms with Gasteiger partial charge in [0.25, 0.3) is 0 Å². The molecule has 2 bridgehead atoms. The first-order valence-electron chi connectivity index (χ1n) is 9.56. The summed E-state index contributed by atoms with van der Waals surface area (Å²) in [5.41, 5.74) is 13.8. The number of nitrogens with two attached hydrogens (primary N) is 1. The fraction of sp³-hybridized carbons (Fsp3) is 0. The molecule has 0 radical (unpaired) electrons. The molecular formula is C26H20N2S. The molecule has 1 aliphatic rings. The van der Waals surface area contributed by atoms with Crippen molar-refractivity contribution >= 4 is 40.9 Å². The number of hydrogen-bond acceptors (Lipinski definition) is 3. The molecule has 0 aliphatic carbocycles. The molecule has 0 saturated carbocycles. The van der Waals surface area contributed by atoms with Crippen LogP contribution in [-0.4, -0.2) is 0 Å². The zero-order valence-corrected chi connectivity index (χ0v) is 16.7. The first-order chi connectivity index (χ1) is 14.2. The third kappa shape index (κ3) is 3.10. The number of nitrogen functional groups attached to an aromatic ring is 1. The monoisotopic (exact) mass is 392 g/mol. The minimum absolute atomic E-state index is 0.784. The van der Waals surface area contributed by atoms with Crippen LogP contribution in [0.4, 0.5) is 11.4 Å². The van der Waals surface area contributed by atoms with E-state index >= 15 is 0 Å². The lowest BCUT2D eigenvalue weighted by molar-refractivity contribution is 1.43. The van der Waals surface area contributed by atoms with E-state index in [1.54, 1.807) is 0 Å². The fourth-order valence-electron chi connectivity index (χ4n) is 3.89. The number of rotatable bonds is 2.